The number of anilines is 1. The van der Waals surface area contributed by atoms with Gasteiger partial charge in [0.1, 0.15) is 0 Å². The third-order valence-corrected chi connectivity index (χ3v) is 3.00. The van der Waals surface area contributed by atoms with Crippen LogP contribution in [0.1, 0.15) is 19.0 Å². The summed E-state index contributed by atoms with van der Waals surface area (Å²) >= 11 is 0. The van der Waals surface area contributed by atoms with E-state index >= 15 is 0 Å². The van der Waals surface area contributed by atoms with Gasteiger partial charge in [-0.3, -0.25) is 10.1 Å². The molecule has 1 aromatic rings. The Labute approximate surface area is 99.6 Å². The molecule has 0 radical (unpaired) electrons. The fraction of sp³-hybridized carbons (Fsp3) is 0.545. The van der Waals surface area contributed by atoms with E-state index in [0.29, 0.717) is 5.82 Å². The number of nitro groups is 1. The van der Waals surface area contributed by atoms with Crippen molar-refractivity contribution < 1.29 is 4.92 Å². The minimum absolute atomic E-state index is 0.0312. The monoisotopic (exact) mass is 236 g/mol. The Hall–Kier alpha value is -1.69. The molecule has 1 aliphatic rings. The van der Waals surface area contributed by atoms with Crippen molar-refractivity contribution in [1.82, 2.24) is 10.3 Å². The highest BCUT2D eigenvalue weighted by molar-refractivity contribution is 5.57. The van der Waals surface area contributed by atoms with Gasteiger partial charge in [-0.05, 0) is 32.9 Å². The quantitative estimate of drug-likeness (QED) is 0.613. The van der Waals surface area contributed by atoms with Crippen LogP contribution in [-0.4, -0.2) is 28.5 Å². The minimum Gasteiger partial charge on any atom is -0.358 e. The highest BCUT2D eigenvalue weighted by atomic mass is 16.6. The van der Waals surface area contributed by atoms with Crippen LogP contribution in [0.15, 0.2) is 12.1 Å². The van der Waals surface area contributed by atoms with Gasteiger partial charge in [0.25, 0.3) is 0 Å². The summed E-state index contributed by atoms with van der Waals surface area (Å²) in [5.74, 6) is 0.362. The van der Waals surface area contributed by atoms with Gasteiger partial charge in [0.2, 0.25) is 5.82 Å². The summed E-state index contributed by atoms with van der Waals surface area (Å²) in [6.45, 7) is 5.58. The van der Waals surface area contributed by atoms with Crippen molar-refractivity contribution in [2.75, 3.05) is 18.4 Å². The SMILES string of the molecule is Cc1ccc([N+](=O)[O-])c(NC2(C)CCNC2)n1. The van der Waals surface area contributed by atoms with Gasteiger partial charge in [-0.15, -0.1) is 0 Å². The van der Waals surface area contributed by atoms with Gasteiger partial charge >= 0.3 is 5.69 Å². The first-order valence-corrected chi connectivity index (χ1v) is 5.61. The van der Waals surface area contributed by atoms with Crippen molar-refractivity contribution in [2.24, 2.45) is 0 Å². The van der Waals surface area contributed by atoms with Crippen LogP contribution in [0.4, 0.5) is 11.5 Å². The Morgan fingerprint density at radius 1 is 1.59 bits per heavy atom. The average Bonchev–Trinajstić information content (AvgIpc) is 2.64. The molecule has 1 fully saturated rings. The third kappa shape index (κ3) is 2.52. The maximum atomic E-state index is 10.9. The summed E-state index contributed by atoms with van der Waals surface area (Å²) in [6, 6.07) is 3.15. The summed E-state index contributed by atoms with van der Waals surface area (Å²) in [5, 5.41) is 17.4. The molecule has 0 bridgehead atoms. The van der Waals surface area contributed by atoms with Crippen molar-refractivity contribution in [1.29, 1.82) is 0 Å². The molecule has 2 N–H and O–H groups in total. The second-order valence-electron chi connectivity index (χ2n) is 4.69. The number of pyridine rings is 1. The third-order valence-electron chi connectivity index (χ3n) is 3.00. The number of hydrogen-bond acceptors (Lipinski definition) is 5. The summed E-state index contributed by atoms with van der Waals surface area (Å²) in [5.41, 5.74) is 0.641. The summed E-state index contributed by atoms with van der Waals surface area (Å²) in [4.78, 5) is 14.7. The lowest BCUT2D eigenvalue weighted by Gasteiger charge is -2.24. The second-order valence-corrected chi connectivity index (χ2v) is 4.69. The zero-order chi connectivity index (χ0) is 12.5. The Bertz CT molecular complexity index is 441. The van der Waals surface area contributed by atoms with Crippen LogP contribution < -0.4 is 10.6 Å². The Morgan fingerprint density at radius 2 is 2.35 bits per heavy atom. The highest BCUT2D eigenvalue weighted by Crippen LogP contribution is 2.27. The predicted octanol–water partition coefficient (Wildman–Crippen LogP) is 1.46. The molecule has 1 saturated heterocycles. The predicted molar refractivity (Wildman–Crippen MR) is 65.1 cm³/mol. The van der Waals surface area contributed by atoms with Crippen LogP contribution >= 0.6 is 0 Å². The number of nitrogens with one attached hydrogen (secondary N) is 2. The molecule has 0 amide bonds. The molecule has 2 rings (SSSR count). The molecule has 1 aliphatic heterocycles. The van der Waals surface area contributed by atoms with Crippen molar-refractivity contribution in [3.63, 3.8) is 0 Å². The van der Waals surface area contributed by atoms with Gasteiger partial charge in [-0.2, -0.15) is 0 Å². The van der Waals surface area contributed by atoms with Gasteiger partial charge in [0, 0.05) is 23.8 Å². The molecular formula is C11H16N4O2. The number of nitrogens with zero attached hydrogens (tertiary/aromatic N) is 2. The topological polar surface area (TPSA) is 80.1 Å². The second kappa shape index (κ2) is 4.29. The fourth-order valence-corrected chi connectivity index (χ4v) is 2.00. The Morgan fingerprint density at radius 3 is 2.94 bits per heavy atom. The summed E-state index contributed by atoms with van der Waals surface area (Å²) in [7, 11) is 0. The molecule has 6 heteroatoms. The maximum Gasteiger partial charge on any atom is 0.311 e. The molecule has 2 heterocycles. The minimum atomic E-state index is -0.402. The normalized spacial score (nSPS) is 23.6. The van der Waals surface area contributed by atoms with Gasteiger partial charge < -0.3 is 10.6 Å². The zero-order valence-corrected chi connectivity index (χ0v) is 9.99. The molecule has 17 heavy (non-hydrogen) atoms. The van der Waals surface area contributed by atoms with Crippen molar-refractivity contribution >= 4 is 11.5 Å². The number of hydrogen-bond donors (Lipinski definition) is 2. The van der Waals surface area contributed by atoms with E-state index < -0.39 is 4.92 Å². The van der Waals surface area contributed by atoms with Crippen molar-refractivity contribution in [2.45, 2.75) is 25.8 Å². The highest BCUT2D eigenvalue weighted by Gasteiger charge is 2.31. The Balaban J connectivity index is 2.30. The van der Waals surface area contributed by atoms with E-state index in [1.165, 1.54) is 6.07 Å². The van der Waals surface area contributed by atoms with Gasteiger partial charge in [-0.25, -0.2) is 4.98 Å². The zero-order valence-electron chi connectivity index (χ0n) is 9.99. The smallest absolute Gasteiger partial charge is 0.311 e. The molecule has 0 spiro atoms. The first kappa shape index (κ1) is 11.8. The van der Waals surface area contributed by atoms with E-state index in [1.807, 2.05) is 13.8 Å². The van der Waals surface area contributed by atoms with Crippen molar-refractivity contribution in [3.8, 4) is 0 Å². The van der Waals surface area contributed by atoms with Crippen LogP contribution in [0.25, 0.3) is 0 Å². The maximum absolute atomic E-state index is 10.9. The van der Waals surface area contributed by atoms with E-state index in [2.05, 4.69) is 15.6 Å². The van der Waals surface area contributed by atoms with Crippen LogP contribution in [-0.2, 0) is 0 Å². The lowest BCUT2D eigenvalue weighted by atomic mass is 10.0. The van der Waals surface area contributed by atoms with Gasteiger partial charge in [0.05, 0.1) is 4.92 Å². The first-order valence-electron chi connectivity index (χ1n) is 5.61. The molecule has 0 aliphatic carbocycles. The largest absolute Gasteiger partial charge is 0.358 e. The molecule has 1 unspecified atom stereocenters. The fourth-order valence-electron chi connectivity index (χ4n) is 2.00. The number of aryl methyl sites for hydroxylation is 1. The summed E-state index contributed by atoms with van der Waals surface area (Å²) in [6.07, 6.45) is 0.930. The molecule has 0 saturated carbocycles. The lowest BCUT2D eigenvalue weighted by molar-refractivity contribution is -0.384. The molecular weight excluding hydrogens is 220 g/mol. The van der Waals surface area contributed by atoms with Crippen LogP contribution in [0.5, 0.6) is 0 Å². The van der Waals surface area contributed by atoms with E-state index in [4.69, 9.17) is 0 Å². The van der Waals surface area contributed by atoms with Crippen molar-refractivity contribution in [3.05, 3.63) is 27.9 Å². The average molecular weight is 236 g/mol. The molecule has 0 aromatic carbocycles. The van der Waals surface area contributed by atoms with Crippen LogP contribution in [0.3, 0.4) is 0 Å². The molecule has 92 valence electrons. The number of aromatic nitrogens is 1. The molecule has 1 atom stereocenters. The van der Waals surface area contributed by atoms with Crippen LogP contribution in [0.2, 0.25) is 0 Å². The van der Waals surface area contributed by atoms with E-state index in [0.717, 1.165) is 25.2 Å². The first-order chi connectivity index (χ1) is 8.00. The van der Waals surface area contributed by atoms with E-state index in [-0.39, 0.29) is 11.2 Å². The van der Waals surface area contributed by atoms with Gasteiger partial charge in [0.15, 0.2) is 0 Å². The van der Waals surface area contributed by atoms with E-state index in [9.17, 15) is 10.1 Å². The Kier molecular flexibility index (Phi) is 2.97. The lowest BCUT2D eigenvalue weighted by Crippen LogP contribution is -2.37. The summed E-state index contributed by atoms with van der Waals surface area (Å²) < 4.78 is 0. The standard InChI is InChI=1S/C11H16N4O2/c1-8-3-4-9(15(16)17)10(13-8)14-11(2)5-6-12-7-11/h3-4,12H,5-7H2,1-2H3,(H,13,14). The molecule has 6 nitrogen and oxygen atoms in total. The van der Waals surface area contributed by atoms with Crippen LogP contribution in [0, 0.1) is 17.0 Å². The van der Waals surface area contributed by atoms with Gasteiger partial charge in [-0.1, -0.05) is 0 Å². The number of rotatable bonds is 3. The molecule has 1 aromatic heterocycles. The van der Waals surface area contributed by atoms with E-state index in [1.54, 1.807) is 6.07 Å².